The average molecular weight is 382 g/mol. The Morgan fingerprint density at radius 2 is 1.96 bits per heavy atom. The molecule has 3 aromatic rings. The van der Waals surface area contributed by atoms with Crippen molar-refractivity contribution in [2.24, 2.45) is 0 Å². The van der Waals surface area contributed by atoms with E-state index in [-0.39, 0.29) is 35.1 Å². The number of benzene rings is 2. The molecule has 9 heteroatoms. The van der Waals surface area contributed by atoms with Crippen LogP contribution in [-0.2, 0) is 16.4 Å². The molecular weight excluding hydrogens is 369 g/mol. The van der Waals surface area contributed by atoms with Crippen LogP contribution in [0.4, 0.5) is 4.39 Å². The molecule has 1 N–H and O–H groups in total. The Labute approximate surface area is 148 Å². The van der Waals surface area contributed by atoms with Gasteiger partial charge in [-0.15, -0.1) is 0 Å². The van der Waals surface area contributed by atoms with Crippen LogP contribution < -0.4 is 4.72 Å². The molecule has 1 aromatic heterocycles. The van der Waals surface area contributed by atoms with Gasteiger partial charge in [0.25, 0.3) is 0 Å². The predicted molar refractivity (Wildman–Crippen MR) is 90.0 cm³/mol. The normalized spacial score (nSPS) is 11.6. The summed E-state index contributed by atoms with van der Waals surface area (Å²) in [4.78, 5) is 4.14. The first kappa shape index (κ1) is 17.5. The van der Waals surface area contributed by atoms with Crippen LogP contribution in [0.2, 0.25) is 5.02 Å². The Morgan fingerprint density at radius 1 is 1.16 bits per heavy atom. The van der Waals surface area contributed by atoms with Crippen molar-refractivity contribution in [3.63, 3.8) is 0 Å². The molecule has 130 valence electrons. The van der Waals surface area contributed by atoms with Gasteiger partial charge in [0, 0.05) is 18.0 Å². The summed E-state index contributed by atoms with van der Waals surface area (Å²) in [6, 6.07) is 12.0. The highest BCUT2D eigenvalue weighted by molar-refractivity contribution is 7.89. The topological polar surface area (TPSA) is 85.1 Å². The number of halogens is 2. The molecule has 0 saturated carbocycles. The van der Waals surface area contributed by atoms with Crippen LogP contribution >= 0.6 is 11.6 Å². The van der Waals surface area contributed by atoms with E-state index in [1.807, 2.05) is 0 Å². The van der Waals surface area contributed by atoms with Gasteiger partial charge in [-0.2, -0.15) is 4.98 Å². The third-order valence-corrected chi connectivity index (χ3v) is 5.01. The quantitative estimate of drug-likeness (QED) is 0.709. The minimum absolute atomic E-state index is 0.0494. The molecule has 0 aliphatic heterocycles. The standard InChI is InChI=1S/C16H13ClFN3O3S/c17-11-4-3-5-12(10-11)25(22,23)19-9-8-15-20-16(21-24-15)13-6-1-2-7-14(13)18/h1-7,10,19H,8-9H2. The summed E-state index contributed by atoms with van der Waals surface area (Å²) in [6.45, 7) is 0.0494. The maximum absolute atomic E-state index is 13.7. The lowest BCUT2D eigenvalue weighted by Crippen LogP contribution is -2.26. The Balaban J connectivity index is 1.64. The number of hydrogen-bond acceptors (Lipinski definition) is 5. The predicted octanol–water partition coefficient (Wildman–Crippen LogP) is 3.05. The maximum atomic E-state index is 13.7. The molecule has 0 spiro atoms. The van der Waals surface area contributed by atoms with E-state index < -0.39 is 15.8 Å². The number of aromatic nitrogens is 2. The van der Waals surface area contributed by atoms with Crippen LogP contribution in [0.3, 0.4) is 0 Å². The van der Waals surface area contributed by atoms with Crippen molar-refractivity contribution in [1.82, 2.24) is 14.9 Å². The Kier molecular flexibility index (Phi) is 5.12. The van der Waals surface area contributed by atoms with E-state index >= 15 is 0 Å². The zero-order chi connectivity index (χ0) is 17.9. The lowest BCUT2D eigenvalue weighted by atomic mass is 10.2. The molecule has 0 aliphatic rings. The maximum Gasteiger partial charge on any atom is 0.240 e. The van der Waals surface area contributed by atoms with Crippen LogP contribution in [0, 0.1) is 5.82 Å². The van der Waals surface area contributed by atoms with E-state index in [1.54, 1.807) is 24.3 Å². The Bertz CT molecular complexity index is 992. The van der Waals surface area contributed by atoms with E-state index in [2.05, 4.69) is 14.9 Å². The summed E-state index contributed by atoms with van der Waals surface area (Å²) in [6.07, 6.45) is 0.168. The fourth-order valence-electron chi connectivity index (χ4n) is 2.12. The first-order chi connectivity index (χ1) is 12.0. The van der Waals surface area contributed by atoms with Gasteiger partial charge in [0.1, 0.15) is 5.82 Å². The van der Waals surface area contributed by atoms with E-state index in [9.17, 15) is 12.8 Å². The van der Waals surface area contributed by atoms with E-state index in [4.69, 9.17) is 16.1 Å². The number of rotatable bonds is 6. The summed E-state index contributed by atoms with van der Waals surface area (Å²) in [5.41, 5.74) is 0.219. The smallest absolute Gasteiger partial charge is 0.240 e. The van der Waals surface area contributed by atoms with Crippen LogP contribution in [-0.4, -0.2) is 25.1 Å². The third kappa shape index (κ3) is 4.22. The van der Waals surface area contributed by atoms with Crippen molar-refractivity contribution >= 4 is 21.6 Å². The van der Waals surface area contributed by atoms with Crippen LogP contribution in [0.15, 0.2) is 57.9 Å². The fourth-order valence-corrected chi connectivity index (χ4v) is 3.45. The minimum atomic E-state index is -3.69. The fraction of sp³-hybridized carbons (Fsp3) is 0.125. The zero-order valence-corrected chi connectivity index (χ0v) is 14.4. The van der Waals surface area contributed by atoms with Crippen molar-refractivity contribution in [1.29, 1.82) is 0 Å². The first-order valence-electron chi connectivity index (χ1n) is 7.28. The molecular formula is C16H13ClFN3O3S. The van der Waals surface area contributed by atoms with Crippen LogP contribution in [0.5, 0.6) is 0 Å². The molecule has 0 fully saturated rings. The molecule has 3 rings (SSSR count). The largest absolute Gasteiger partial charge is 0.339 e. The monoisotopic (exact) mass is 381 g/mol. The lowest BCUT2D eigenvalue weighted by molar-refractivity contribution is 0.378. The van der Waals surface area contributed by atoms with Crippen molar-refractivity contribution in [2.45, 2.75) is 11.3 Å². The molecule has 0 amide bonds. The molecule has 0 radical (unpaired) electrons. The van der Waals surface area contributed by atoms with E-state index in [0.717, 1.165) is 0 Å². The lowest BCUT2D eigenvalue weighted by Gasteiger charge is -2.05. The van der Waals surface area contributed by atoms with Gasteiger partial charge in [-0.05, 0) is 30.3 Å². The summed E-state index contributed by atoms with van der Waals surface area (Å²) in [7, 11) is -3.69. The van der Waals surface area contributed by atoms with Gasteiger partial charge >= 0.3 is 0 Å². The molecule has 1 heterocycles. The molecule has 2 aromatic carbocycles. The van der Waals surface area contributed by atoms with Crippen LogP contribution in [0.25, 0.3) is 11.4 Å². The number of nitrogens with one attached hydrogen (secondary N) is 1. The van der Waals surface area contributed by atoms with Gasteiger partial charge in [0.15, 0.2) is 0 Å². The SMILES string of the molecule is O=S(=O)(NCCc1nc(-c2ccccc2F)no1)c1cccc(Cl)c1. The van der Waals surface area contributed by atoms with Gasteiger partial charge in [-0.1, -0.05) is 35.0 Å². The van der Waals surface area contributed by atoms with Crippen LogP contribution in [0.1, 0.15) is 5.89 Å². The molecule has 0 aliphatic carbocycles. The number of nitrogens with zero attached hydrogens (tertiary/aromatic N) is 2. The van der Waals surface area contributed by atoms with E-state index in [1.165, 1.54) is 24.3 Å². The second-order valence-corrected chi connectivity index (χ2v) is 7.30. The van der Waals surface area contributed by atoms with E-state index in [0.29, 0.717) is 5.02 Å². The van der Waals surface area contributed by atoms with Gasteiger partial charge in [0.2, 0.25) is 21.7 Å². The summed E-state index contributed by atoms with van der Waals surface area (Å²) in [5, 5.41) is 4.04. The highest BCUT2D eigenvalue weighted by Gasteiger charge is 2.16. The Morgan fingerprint density at radius 3 is 2.72 bits per heavy atom. The zero-order valence-electron chi connectivity index (χ0n) is 12.8. The summed E-state index contributed by atoms with van der Waals surface area (Å²) < 4.78 is 45.5. The van der Waals surface area contributed by atoms with Gasteiger partial charge in [-0.3, -0.25) is 0 Å². The van der Waals surface area contributed by atoms with Crippen molar-refractivity contribution in [3.8, 4) is 11.4 Å². The summed E-state index contributed by atoms with van der Waals surface area (Å²) >= 11 is 5.80. The number of sulfonamides is 1. The second kappa shape index (κ2) is 7.30. The molecule has 0 saturated heterocycles. The summed E-state index contributed by atoms with van der Waals surface area (Å²) in [5.74, 6) is -0.144. The first-order valence-corrected chi connectivity index (χ1v) is 9.14. The van der Waals surface area contributed by atoms with Crippen molar-refractivity contribution < 1.29 is 17.3 Å². The minimum Gasteiger partial charge on any atom is -0.339 e. The highest BCUT2D eigenvalue weighted by Crippen LogP contribution is 2.19. The Hall–Kier alpha value is -2.29. The molecule has 6 nitrogen and oxygen atoms in total. The molecule has 0 bridgehead atoms. The second-order valence-electron chi connectivity index (χ2n) is 5.10. The van der Waals surface area contributed by atoms with Gasteiger partial charge < -0.3 is 4.52 Å². The number of hydrogen-bond donors (Lipinski definition) is 1. The van der Waals surface area contributed by atoms with Gasteiger partial charge in [0.05, 0.1) is 10.5 Å². The van der Waals surface area contributed by atoms with Crippen molar-refractivity contribution in [2.75, 3.05) is 6.54 Å². The highest BCUT2D eigenvalue weighted by atomic mass is 35.5. The average Bonchev–Trinajstić information content (AvgIpc) is 3.04. The molecule has 0 unspecified atom stereocenters. The van der Waals surface area contributed by atoms with Crippen molar-refractivity contribution in [3.05, 3.63) is 65.3 Å². The molecule has 0 atom stereocenters. The van der Waals surface area contributed by atoms with Gasteiger partial charge in [-0.25, -0.2) is 17.5 Å². The molecule has 25 heavy (non-hydrogen) atoms. The third-order valence-electron chi connectivity index (χ3n) is 3.32.